The molecule has 3 aliphatic rings. The molecule has 1 aromatic heterocycles. The maximum Gasteiger partial charge on any atom is 0.275 e. The quantitative estimate of drug-likeness (QED) is 0.716. The molecule has 11 heteroatoms. The van der Waals surface area contributed by atoms with E-state index in [-0.39, 0.29) is 47.8 Å². The van der Waals surface area contributed by atoms with Crippen molar-refractivity contribution in [1.29, 1.82) is 0 Å². The normalized spacial score (nSPS) is 27.1. The molecule has 0 bridgehead atoms. The topological polar surface area (TPSA) is 102 Å². The van der Waals surface area contributed by atoms with Crippen molar-refractivity contribution in [3.63, 3.8) is 0 Å². The number of hydrogen-bond donors (Lipinski definition) is 2. The minimum absolute atomic E-state index is 0. The number of ether oxygens (including phenoxy) is 1. The van der Waals surface area contributed by atoms with Crippen molar-refractivity contribution >= 4 is 40.9 Å². The average Bonchev–Trinajstić information content (AvgIpc) is 3.52. The smallest absolute Gasteiger partial charge is 0.275 e. The number of aliphatic imine (C=N–C) groups is 1. The van der Waals surface area contributed by atoms with Crippen molar-refractivity contribution < 1.29 is 18.3 Å². The molecule has 0 spiro atoms. The van der Waals surface area contributed by atoms with Gasteiger partial charge in [0, 0.05) is 29.1 Å². The predicted molar refractivity (Wildman–Crippen MR) is 116 cm³/mol. The molecular formula is C20H20ClF2N5O2S. The summed E-state index contributed by atoms with van der Waals surface area (Å²) in [7, 11) is 0. The van der Waals surface area contributed by atoms with E-state index in [2.05, 4.69) is 20.3 Å². The van der Waals surface area contributed by atoms with Gasteiger partial charge in [0.2, 0.25) is 0 Å². The highest BCUT2D eigenvalue weighted by Gasteiger charge is 2.61. The van der Waals surface area contributed by atoms with Gasteiger partial charge in [-0.1, -0.05) is 11.8 Å². The minimum Gasteiger partial charge on any atom is -0.379 e. The van der Waals surface area contributed by atoms with E-state index < -0.39 is 22.9 Å². The summed E-state index contributed by atoms with van der Waals surface area (Å²) in [5.41, 5.74) is 3.67. The molecule has 164 valence electrons. The molecule has 1 saturated carbocycles. The molecule has 3 heterocycles. The van der Waals surface area contributed by atoms with Gasteiger partial charge in [-0.25, -0.2) is 18.8 Å². The summed E-state index contributed by atoms with van der Waals surface area (Å²) in [6, 6.07) is 3.96. The second kappa shape index (κ2) is 7.99. The maximum atomic E-state index is 15.6. The van der Waals surface area contributed by atoms with Gasteiger partial charge >= 0.3 is 0 Å². The van der Waals surface area contributed by atoms with Crippen LogP contribution in [0.5, 0.6) is 0 Å². The van der Waals surface area contributed by atoms with Gasteiger partial charge in [0.25, 0.3) is 5.91 Å². The molecule has 2 fully saturated rings. The summed E-state index contributed by atoms with van der Waals surface area (Å²) >= 11 is 1.08. The van der Waals surface area contributed by atoms with Crippen LogP contribution in [0.2, 0.25) is 0 Å². The van der Waals surface area contributed by atoms with Gasteiger partial charge in [-0.05, 0) is 31.0 Å². The lowest BCUT2D eigenvalue weighted by Crippen LogP contribution is -2.52. The third kappa shape index (κ3) is 3.77. The number of carbonyl (C=O) groups is 1. The van der Waals surface area contributed by atoms with E-state index in [1.807, 2.05) is 0 Å². The molecular weight excluding hydrogens is 448 g/mol. The van der Waals surface area contributed by atoms with Crippen LogP contribution in [0, 0.1) is 5.82 Å². The van der Waals surface area contributed by atoms with Crippen LogP contribution < -0.4 is 11.1 Å². The second-order valence-electron chi connectivity index (χ2n) is 7.81. The minimum atomic E-state index is -1.89. The van der Waals surface area contributed by atoms with Crippen LogP contribution >= 0.6 is 24.2 Å². The zero-order valence-corrected chi connectivity index (χ0v) is 17.9. The van der Waals surface area contributed by atoms with E-state index in [0.29, 0.717) is 11.6 Å². The van der Waals surface area contributed by atoms with Crippen molar-refractivity contribution in [2.75, 3.05) is 24.3 Å². The third-order valence-electron chi connectivity index (χ3n) is 5.70. The van der Waals surface area contributed by atoms with Gasteiger partial charge in [0.1, 0.15) is 11.5 Å². The summed E-state index contributed by atoms with van der Waals surface area (Å²) in [6.07, 6.45) is 5.20. The number of halogens is 3. The van der Waals surface area contributed by atoms with Crippen molar-refractivity contribution in [2.45, 2.75) is 30.0 Å². The number of amidine groups is 1. The number of benzene rings is 1. The Morgan fingerprint density at radius 2 is 2.06 bits per heavy atom. The number of alkyl halides is 1. The SMILES string of the molecule is Cl.NC1=NC2(c3cc(NC(=O)c4cnc(C5CC5)cn4)ccc3F)COCC2(F)CS1. The molecule has 2 aromatic rings. The van der Waals surface area contributed by atoms with Gasteiger partial charge in [0.15, 0.2) is 16.4 Å². The molecule has 1 aromatic carbocycles. The summed E-state index contributed by atoms with van der Waals surface area (Å²) in [4.78, 5) is 25.3. The van der Waals surface area contributed by atoms with E-state index in [4.69, 9.17) is 10.5 Å². The van der Waals surface area contributed by atoms with E-state index in [1.54, 1.807) is 6.20 Å². The first kappa shape index (κ1) is 21.9. The highest BCUT2D eigenvalue weighted by molar-refractivity contribution is 8.13. The molecule has 2 aliphatic heterocycles. The Hall–Kier alpha value is -2.30. The fourth-order valence-corrected chi connectivity index (χ4v) is 4.77. The molecule has 3 N–H and O–H groups in total. The number of nitrogens with zero attached hydrogens (tertiary/aromatic N) is 3. The van der Waals surface area contributed by atoms with Gasteiger partial charge in [-0.15, -0.1) is 12.4 Å². The van der Waals surface area contributed by atoms with E-state index in [1.165, 1.54) is 24.4 Å². The Labute approximate surface area is 187 Å². The van der Waals surface area contributed by atoms with Gasteiger partial charge < -0.3 is 15.8 Å². The predicted octanol–water partition coefficient (Wildman–Crippen LogP) is 3.16. The first-order valence-corrected chi connectivity index (χ1v) is 10.6. The third-order valence-corrected chi connectivity index (χ3v) is 6.69. The van der Waals surface area contributed by atoms with E-state index in [9.17, 15) is 9.18 Å². The fraction of sp³-hybridized carbons (Fsp3) is 0.400. The summed E-state index contributed by atoms with van der Waals surface area (Å²) in [6.45, 7) is -0.330. The number of nitrogens with two attached hydrogens (primary N) is 1. The number of nitrogens with one attached hydrogen (secondary N) is 1. The van der Waals surface area contributed by atoms with Crippen LogP contribution in [0.25, 0.3) is 0 Å². The number of anilines is 1. The average molecular weight is 468 g/mol. The lowest BCUT2D eigenvalue weighted by atomic mass is 9.79. The highest BCUT2D eigenvalue weighted by atomic mass is 35.5. The molecule has 0 radical (unpaired) electrons. The number of thioether (sulfide) groups is 1. The van der Waals surface area contributed by atoms with Gasteiger partial charge in [-0.3, -0.25) is 9.78 Å². The molecule has 31 heavy (non-hydrogen) atoms. The summed E-state index contributed by atoms with van der Waals surface area (Å²) in [5, 5.41) is 2.85. The molecule has 2 atom stereocenters. The van der Waals surface area contributed by atoms with Crippen LogP contribution in [0.1, 0.15) is 40.5 Å². The van der Waals surface area contributed by atoms with Crippen molar-refractivity contribution in [1.82, 2.24) is 9.97 Å². The first-order valence-electron chi connectivity index (χ1n) is 9.58. The van der Waals surface area contributed by atoms with Crippen molar-refractivity contribution in [3.8, 4) is 0 Å². The van der Waals surface area contributed by atoms with Gasteiger partial charge in [-0.2, -0.15) is 0 Å². The monoisotopic (exact) mass is 467 g/mol. The van der Waals surface area contributed by atoms with Crippen LogP contribution in [0.3, 0.4) is 0 Å². The first-order chi connectivity index (χ1) is 14.4. The molecule has 1 aliphatic carbocycles. The molecule has 2 unspecified atom stereocenters. The fourth-order valence-electron chi connectivity index (χ4n) is 3.85. The largest absolute Gasteiger partial charge is 0.379 e. The maximum absolute atomic E-state index is 15.6. The van der Waals surface area contributed by atoms with Crippen LogP contribution in [0.4, 0.5) is 14.5 Å². The molecule has 5 rings (SSSR count). The Bertz CT molecular complexity index is 1050. The number of carbonyl (C=O) groups excluding carboxylic acids is 1. The Balaban J connectivity index is 0.00000231. The number of amides is 1. The molecule has 1 amide bonds. The van der Waals surface area contributed by atoms with E-state index in [0.717, 1.165) is 30.3 Å². The zero-order chi connectivity index (χ0) is 20.9. The van der Waals surface area contributed by atoms with Crippen molar-refractivity contribution in [3.05, 3.63) is 53.4 Å². The zero-order valence-electron chi connectivity index (χ0n) is 16.3. The van der Waals surface area contributed by atoms with Crippen molar-refractivity contribution in [2.24, 2.45) is 10.7 Å². The molecule has 1 saturated heterocycles. The number of hydrogen-bond acceptors (Lipinski definition) is 7. The highest BCUT2D eigenvalue weighted by Crippen LogP contribution is 2.50. The number of aromatic nitrogens is 2. The van der Waals surface area contributed by atoms with Crippen LogP contribution in [0.15, 0.2) is 35.6 Å². The Morgan fingerprint density at radius 3 is 2.77 bits per heavy atom. The number of rotatable bonds is 4. The van der Waals surface area contributed by atoms with E-state index >= 15 is 4.39 Å². The number of fused-ring (bicyclic) bond motifs is 1. The van der Waals surface area contributed by atoms with Crippen LogP contribution in [-0.4, -0.2) is 45.7 Å². The van der Waals surface area contributed by atoms with Gasteiger partial charge in [0.05, 0.1) is 25.1 Å². The Morgan fingerprint density at radius 1 is 1.26 bits per heavy atom. The molecule has 7 nitrogen and oxygen atoms in total. The summed E-state index contributed by atoms with van der Waals surface area (Å²) < 4.78 is 35.8. The summed E-state index contributed by atoms with van der Waals surface area (Å²) in [5.74, 6) is -0.681. The van der Waals surface area contributed by atoms with Crippen LogP contribution in [-0.2, 0) is 10.3 Å². The second-order valence-corrected chi connectivity index (χ2v) is 8.80. The standard InChI is InChI=1S/C20H19F2N5O2S.ClH/c21-14-4-3-12(26-17(28)16-7-24-15(6-25-16)11-1-2-11)5-13(14)20-9-29-8-19(20,22)10-30-18(23)27-20;/h3-7,11H,1-2,8-10H2,(H2,23,27)(H,26,28);1H. The lowest BCUT2D eigenvalue weighted by Gasteiger charge is -2.38. The Kier molecular flexibility index (Phi) is 5.65. The lowest BCUT2D eigenvalue weighted by molar-refractivity contribution is 0.102.